The second-order valence-electron chi connectivity index (χ2n) is 4.49. The molecule has 1 aromatic rings. The van der Waals surface area contributed by atoms with Gasteiger partial charge in [-0.1, -0.05) is 0 Å². The summed E-state index contributed by atoms with van der Waals surface area (Å²) >= 11 is 0. The van der Waals surface area contributed by atoms with Crippen LogP contribution in [0, 0.1) is 10.1 Å². The normalized spacial score (nSPS) is 10.1. The Bertz CT molecular complexity index is 566. The van der Waals surface area contributed by atoms with Crippen LogP contribution in [0.2, 0.25) is 0 Å². The number of rotatable bonds is 11. The van der Waals surface area contributed by atoms with E-state index in [-0.39, 0.29) is 50.8 Å². The van der Waals surface area contributed by atoms with E-state index in [2.05, 4.69) is 10.3 Å². The highest BCUT2D eigenvalue weighted by molar-refractivity contribution is 5.72. The average molecular weight is 360 g/mol. The van der Waals surface area contributed by atoms with Crippen molar-refractivity contribution >= 4 is 17.7 Å². The van der Waals surface area contributed by atoms with Crippen LogP contribution in [0.5, 0.6) is 5.75 Å². The molecule has 0 unspecified atom stereocenters. The Kier molecular flexibility index (Phi) is 9.48. The average Bonchev–Trinajstić information content (AvgIpc) is 2.60. The smallest absolute Gasteiger partial charge is 0.426 e. The Hall–Kier alpha value is -2.79. The van der Waals surface area contributed by atoms with Gasteiger partial charge in [-0.2, -0.15) is 0 Å². The molecule has 0 radical (unpaired) electrons. The zero-order valence-electron chi connectivity index (χ0n) is 13.1. The second kappa shape index (κ2) is 11.7. The Morgan fingerprint density at radius 1 is 1.08 bits per heavy atom. The summed E-state index contributed by atoms with van der Waals surface area (Å²) in [5.41, 5.74) is -0.0973. The van der Waals surface area contributed by atoms with Gasteiger partial charge in [-0.25, -0.2) is 9.74 Å². The summed E-state index contributed by atoms with van der Waals surface area (Å²) in [6.45, 7) is 0.800. The number of carbonyl (C=O) groups excluding carboxylic acids is 2. The summed E-state index contributed by atoms with van der Waals surface area (Å²) < 4.78 is 26.5. The van der Waals surface area contributed by atoms with E-state index >= 15 is 0 Å². The minimum Gasteiger partial charge on any atom is -0.426 e. The topological polar surface area (TPSA) is 126 Å². The first kappa shape index (κ1) is 20.3. The number of ether oxygens (including phenoxy) is 3. The summed E-state index contributed by atoms with van der Waals surface area (Å²) in [5, 5.41) is 12.6. The number of nitro groups is 1. The van der Waals surface area contributed by atoms with E-state index in [9.17, 15) is 24.2 Å². The number of hydrogen-bond acceptors (Lipinski definition) is 8. The number of esters is 1. The fourth-order valence-corrected chi connectivity index (χ4v) is 1.55. The van der Waals surface area contributed by atoms with Gasteiger partial charge >= 0.3 is 12.1 Å². The van der Waals surface area contributed by atoms with Crippen LogP contribution in [0.3, 0.4) is 0 Å². The molecule has 138 valence electrons. The molecule has 25 heavy (non-hydrogen) atoms. The third-order valence-corrected chi connectivity index (χ3v) is 2.69. The summed E-state index contributed by atoms with van der Waals surface area (Å²) in [7, 11) is 0. The predicted octanol–water partition coefficient (Wildman–Crippen LogP) is 1.53. The largest absolute Gasteiger partial charge is 0.444 e. The number of nitrogens with zero attached hydrogens (tertiary/aromatic N) is 1. The molecule has 0 spiro atoms. The van der Waals surface area contributed by atoms with Crippen molar-refractivity contribution in [1.82, 2.24) is 5.32 Å². The van der Waals surface area contributed by atoms with E-state index in [0.717, 1.165) is 0 Å². The van der Waals surface area contributed by atoms with Gasteiger partial charge in [-0.05, 0) is 12.1 Å². The fourth-order valence-electron chi connectivity index (χ4n) is 1.55. The van der Waals surface area contributed by atoms with Crippen LogP contribution in [0.1, 0.15) is 6.42 Å². The van der Waals surface area contributed by atoms with Gasteiger partial charge in [0.25, 0.3) is 5.69 Å². The van der Waals surface area contributed by atoms with E-state index in [4.69, 9.17) is 14.2 Å². The molecule has 0 fully saturated rings. The number of nitro benzene ring substituents is 1. The van der Waals surface area contributed by atoms with E-state index in [1.54, 1.807) is 0 Å². The first-order chi connectivity index (χ1) is 12.0. The standard InChI is InChI=1S/C14H17FN2O8/c15-25-14(19)16-6-8-23-10-9-22-7-5-13(18)24-12-3-1-11(2-4-12)17(20)21/h1-4H,5-10H2,(H,16,19). The maximum Gasteiger partial charge on any atom is 0.444 e. The van der Waals surface area contributed by atoms with Gasteiger partial charge in [0.2, 0.25) is 0 Å². The second-order valence-corrected chi connectivity index (χ2v) is 4.49. The minimum atomic E-state index is -1.19. The molecule has 0 aliphatic carbocycles. The van der Waals surface area contributed by atoms with Crippen molar-refractivity contribution in [2.45, 2.75) is 6.42 Å². The maximum absolute atomic E-state index is 11.5. The molecule has 0 heterocycles. The van der Waals surface area contributed by atoms with Crippen LogP contribution in [-0.4, -0.2) is 50.0 Å². The van der Waals surface area contributed by atoms with Crippen LogP contribution in [0.15, 0.2) is 24.3 Å². The summed E-state index contributed by atoms with van der Waals surface area (Å²) in [5.74, 6) is -0.332. The molecule has 0 aromatic heterocycles. The van der Waals surface area contributed by atoms with Gasteiger partial charge in [0.1, 0.15) is 5.75 Å². The SMILES string of the molecule is O=C(CCOCCOCCNC(=O)OF)Oc1ccc([N+](=O)[O-])cc1. The molecule has 0 bridgehead atoms. The van der Waals surface area contributed by atoms with Gasteiger partial charge in [0.05, 0.1) is 37.8 Å². The molecular formula is C14H17FN2O8. The molecule has 1 N–H and O–H groups in total. The van der Waals surface area contributed by atoms with Crippen LogP contribution < -0.4 is 10.1 Å². The molecule has 11 heteroatoms. The minimum absolute atomic E-state index is 0.000877. The Morgan fingerprint density at radius 3 is 2.32 bits per heavy atom. The lowest BCUT2D eigenvalue weighted by Gasteiger charge is -2.06. The van der Waals surface area contributed by atoms with Crippen molar-refractivity contribution in [2.24, 2.45) is 0 Å². The van der Waals surface area contributed by atoms with E-state index in [1.807, 2.05) is 0 Å². The Balaban J connectivity index is 2.03. The van der Waals surface area contributed by atoms with Gasteiger partial charge in [0, 0.05) is 23.2 Å². The lowest BCUT2D eigenvalue weighted by Crippen LogP contribution is -2.26. The van der Waals surface area contributed by atoms with Crippen molar-refractivity contribution in [3.63, 3.8) is 0 Å². The predicted molar refractivity (Wildman–Crippen MR) is 80.6 cm³/mol. The van der Waals surface area contributed by atoms with Crippen LogP contribution in [-0.2, 0) is 19.2 Å². The monoisotopic (exact) mass is 360 g/mol. The van der Waals surface area contributed by atoms with Crippen LogP contribution in [0.25, 0.3) is 0 Å². The van der Waals surface area contributed by atoms with E-state index in [0.29, 0.717) is 0 Å². The molecule has 0 aliphatic heterocycles. The van der Waals surface area contributed by atoms with Gasteiger partial charge in [0.15, 0.2) is 0 Å². The summed E-state index contributed by atoms with van der Waals surface area (Å²) in [4.78, 5) is 34.7. The number of hydrogen-bond donors (Lipinski definition) is 1. The molecule has 0 atom stereocenters. The number of benzene rings is 1. The number of nitrogens with one attached hydrogen (secondary N) is 1. The van der Waals surface area contributed by atoms with Gasteiger partial charge in [-0.15, -0.1) is 0 Å². The highest BCUT2D eigenvalue weighted by Crippen LogP contribution is 2.17. The molecule has 0 aliphatic rings. The van der Waals surface area contributed by atoms with Crippen LogP contribution >= 0.6 is 0 Å². The van der Waals surface area contributed by atoms with E-state index in [1.165, 1.54) is 24.3 Å². The number of non-ortho nitro benzene ring substituents is 1. The Morgan fingerprint density at radius 2 is 1.72 bits per heavy atom. The third-order valence-electron chi connectivity index (χ3n) is 2.69. The van der Waals surface area contributed by atoms with E-state index < -0.39 is 17.0 Å². The molecule has 0 saturated heterocycles. The first-order valence-corrected chi connectivity index (χ1v) is 7.20. The van der Waals surface area contributed by atoms with Crippen molar-refractivity contribution in [2.75, 3.05) is 33.0 Å². The zero-order valence-corrected chi connectivity index (χ0v) is 13.1. The Labute approximate surface area is 141 Å². The molecular weight excluding hydrogens is 343 g/mol. The van der Waals surface area contributed by atoms with Crippen molar-refractivity contribution < 1.29 is 38.2 Å². The zero-order chi connectivity index (χ0) is 18.5. The molecule has 1 rings (SSSR count). The summed E-state index contributed by atoms with van der Waals surface area (Å²) in [6, 6.07) is 5.13. The van der Waals surface area contributed by atoms with Crippen LogP contribution in [0.4, 0.5) is 15.0 Å². The number of amides is 1. The highest BCUT2D eigenvalue weighted by Gasteiger charge is 2.08. The number of carbonyl (C=O) groups is 2. The first-order valence-electron chi connectivity index (χ1n) is 7.20. The molecule has 1 amide bonds. The van der Waals surface area contributed by atoms with Crippen molar-refractivity contribution in [3.05, 3.63) is 34.4 Å². The van der Waals surface area contributed by atoms with Crippen molar-refractivity contribution in [3.8, 4) is 5.75 Å². The maximum atomic E-state index is 11.5. The molecule has 1 aromatic carbocycles. The van der Waals surface area contributed by atoms with Gasteiger partial charge in [-0.3, -0.25) is 14.9 Å². The highest BCUT2D eigenvalue weighted by atomic mass is 19.3. The molecule has 10 nitrogen and oxygen atoms in total. The lowest BCUT2D eigenvalue weighted by molar-refractivity contribution is -0.384. The van der Waals surface area contributed by atoms with Crippen molar-refractivity contribution in [1.29, 1.82) is 0 Å². The number of halogens is 1. The summed E-state index contributed by atoms with van der Waals surface area (Å²) in [6.07, 6.45) is -1.19. The fraction of sp³-hybridized carbons (Fsp3) is 0.429. The third kappa shape index (κ3) is 9.17. The lowest BCUT2D eigenvalue weighted by atomic mass is 10.3. The molecule has 0 saturated carbocycles. The van der Waals surface area contributed by atoms with Gasteiger partial charge < -0.3 is 19.5 Å². The quantitative estimate of drug-likeness (QED) is 0.207.